The van der Waals surface area contributed by atoms with E-state index in [1.807, 2.05) is 0 Å². The van der Waals surface area contributed by atoms with Crippen LogP contribution in [0.4, 0.5) is 0 Å². The van der Waals surface area contributed by atoms with Gasteiger partial charge in [-0.3, -0.25) is 0 Å². The molecule has 0 aliphatic carbocycles. The van der Waals surface area contributed by atoms with E-state index in [0.717, 1.165) is 73.9 Å². The van der Waals surface area contributed by atoms with Gasteiger partial charge in [0.2, 0.25) is 28.6 Å². The zero-order valence-corrected chi connectivity index (χ0v) is 48.3. The van der Waals surface area contributed by atoms with Gasteiger partial charge in [-0.05, 0) is 77.0 Å². The van der Waals surface area contributed by atoms with Crippen LogP contribution in [-0.4, -0.2) is 92.2 Å². The van der Waals surface area contributed by atoms with E-state index in [2.05, 4.69) is 83.1 Å². The molecule has 0 heterocycles. The molecule has 0 bridgehead atoms. The van der Waals surface area contributed by atoms with Crippen molar-refractivity contribution in [3.8, 4) is 0 Å². The Bertz CT molecular complexity index is 708. The first-order valence-electron chi connectivity index (χ1n) is 25.1. The van der Waals surface area contributed by atoms with Crippen molar-refractivity contribution >= 4 is 28.6 Å². The van der Waals surface area contributed by atoms with E-state index < -0.39 is 28.6 Å². The molecule has 0 fully saturated rings. The molecule has 0 unspecified atom stereocenters. The molecule has 57 heavy (non-hydrogen) atoms. The SMILES string of the molecule is CCCCP(=[OH+])(CCCC)CCCC.CCCCP(=[OH+])(CCCC)CCCC.CCCCP(=[OH+])(CCCC)CCCC.CCCCP(=[OH+])(CCCC)CCCC.[Ce+3]. The predicted octanol–water partition coefficient (Wildman–Crippen LogP) is 18.8. The standard InChI is InChI=1S/4C12H27OP.Ce/c4*1-4-7-10-14(13,11-8-5-2)12-9-6-3;/h4*4-12H2,1-3H3;/q;;;;+3/p+4. The second kappa shape index (κ2) is 49.3. The summed E-state index contributed by atoms with van der Waals surface area (Å²) in [5, 5.41) is 0. The van der Waals surface area contributed by atoms with Crippen LogP contribution in [0.5, 0.6) is 0 Å². The Balaban J connectivity index is -0.000000210. The van der Waals surface area contributed by atoms with Crippen molar-refractivity contribution in [2.45, 2.75) is 237 Å². The molecule has 0 aromatic rings. The van der Waals surface area contributed by atoms with Crippen LogP contribution < -0.4 is 0 Å². The Kier molecular flexibility index (Phi) is 59.1. The van der Waals surface area contributed by atoms with E-state index in [1.54, 1.807) is 0 Å². The van der Waals surface area contributed by atoms with E-state index in [9.17, 15) is 18.3 Å². The summed E-state index contributed by atoms with van der Waals surface area (Å²) >= 11 is 0. The average molecular weight is 1020 g/mol. The molecule has 0 spiro atoms. The number of rotatable bonds is 36. The fourth-order valence-corrected chi connectivity index (χ4v) is 20.3. The van der Waals surface area contributed by atoms with E-state index in [0.29, 0.717) is 0 Å². The fourth-order valence-electron chi connectivity index (χ4n) is 6.77. The third-order valence-corrected chi connectivity index (χ3v) is 24.9. The van der Waals surface area contributed by atoms with Gasteiger partial charge in [0.15, 0.2) is 0 Å². The Morgan fingerprint density at radius 1 is 0.193 bits per heavy atom. The van der Waals surface area contributed by atoms with Crippen molar-refractivity contribution in [2.24, 2.45) is 0 Å². The van der Waals surface area contributed by atoms with Gasteiger partial charge >= 0.3 is 41.7 Å². The predicted molar refractivity (Wildman–Crippen MR) is 273 cm³/mol. The minimum absolute atomic E-state index is 0. The molecule has 0 aromatic carbocycles. The largest absolute Gasteiger partial charge is 3.00 e. The van der Waals surface area contributed by atoms with Crippen LogP contribution in [0.25, 0.3) is 0 Å². The van der Waals surface area contributed by atoms with Gasteiger partial charge in [0.05, 0.1) is 0 Å². The molecule has 9 heteroatoms. The Morgan fingerprint density at radius 3 is 0.316 bits per heavy atom. The second-order valence-corrected chi connectivity index (χ2v) is 31.4. The summed E-state index contributed by atoms with van der Waals surface area (Å²) in [6.07, 6.45) is 42.7. The van der Waals surface area contributed by atoms with E-state index in [1.165, 1.54) is 154 Å². The van der Waals surface area contributed by atoms with Crippen molar-refractivity contribution in [1.29, 1.82) is 0 Å². The summed E-state index contributed by atoms with van der Waals surface area (Å²) in [5.74, 6) is 0. The van der Waals surface area contributed by atoms with Gasteiger partial charge in [-0.1, -0.05) is 160 Å². The molecule has 1 radical (unpaired) electrons. The van der Waals surface area contributed by atoms with Crippen LogP contribution in [0.2, 0.25) is 0 Å². The Labute approximate surface area is 396 Å². The molecule has 4 nitrogen and oxygen atoms in total. The van der Waals surface area contributed by atoms with Crippen molar-refractivity contribution in [3.63, 3.8) is 0 Å². The van der Waals surface area contributed by atoms with Crippen LogP contribution in [0.1, 0.15) is 237 Å². The fraction of sp³-hybridized carbons (Fsp3) is 1.00. The normalized spacial score (nSPS) is 11.7. The van der Waals surface area contributed by atoms with Gasteiger partial charge < -0.3 is 18.3 Å². The van der Waals surface area contributed by atoms with Gasteiger partial charge in [0.25, 0.3) is 0 Å². The molecule has 0 aliphatic rings. The zero-order chi connectivity index (χ0) is 43.5. The minimum Gasteiger partial charge on any atom is -0.320 e. The smallest absolute Gasteiger partial charge is 0.320 e. The van der Waals surface area contributed by atoms with Crippen molar-refractivity contribution in [2.75, 3.05) is 73.9 Å². The molecule has 0 amide bonds. The second-order valence-electron chi connectivity index (χ2n) is 17.3. The third kappa shape index (κ3) is 47.6. The summed E-state index contributed by atoms with van der Waals surface area (Å²) in [6.45, 7) is 26.5. The molecule has 0 rings (SSSR count). The first-order chi connectivity index (χ1) is 26.7. The molecule has 0 aromatic heterocycles. The number of unbranched alkanes of at least 4 members (excludes halogenated alkanes) is 12. The molecule has 345 valence electrons. The van der Waals surface area contributed by atoms with Crippen molar-refractivity contribution in [1.82, 2.24) is 0 Å². The van der Waals surface area contributed by atoms with Crippen LogP contribution >= 0.6 is 28.6 Å². The maximum Gasteiger partial charge on any atom is 3.00 e. The average Bonchev–Trinajstić information content (AvgIpc) is 3.21. The molecule has 0 atom stereocenters. The monoisotopic (exact) mass is 1020 g/mol. The molecule has 0 saturated carbocycles. The third-order valence-electron chi connectivity index (χ3n) is 11.1. The summed E-state index contributed by atoms with van der Waals surface area (Å²) in [6, 6.07) is 0. The van der Waals surface area contributed by atoms with E-state index in [4.69, 9.17) is 0 Å². The molecular formula is C48H112CeO4P4+7. The Morgan fingerprint density at radius 2 is 0.263 bits per heavy atom. The summed E-state index contributed by atoms with van der Waals surface area (Å²) in [4.78, 5) is 0. The summed E-state index contributed by atoms with van der Waals surface area (Å²) < 4.78 is 42.1. The first-order valence-corrected chi connectivity index (χ1v) is 34.3. The number of hydrogen-bond donors (Lipinski definition) is 0. The molecular weight excluding hydrogens is 905 g/mol. The maximum atomic E-state index is 10.5. The quantitative estimate of drug-likeness (QED) is 0.0442. The molecule has 4 N–H and O–H groups in total. The zero-order valence-electron chi connectivity index (χ0n) is 41.5. The first kappa shape index (κ1) is 68.4. The van der Waals surface area contributed by atoms with Crippen molar-refractivity contribution in [3.05, 3.63) is 0 Å². The topological polar surface area (TPSA) is 85.6 Å². The Hall–Kier alpha value is 2.30. The van der Waals surface area contributed by atoms with Crippen LogP contribution in [0.3, 0.4) is 0 Å². The van der Waals surface area contributed by atoms with Crippen LogP contribution in [-0.2, 0) is 0 Å². The summed E-state index contributed by atoms with van der Waals surface area (Å²) in [7, 11) is -6.08. The van der Waals surface area contributed by atoms with Crippen molar-refractivity contribution < 1.29 is 60.0 Å². The van der Waals surface area contributed by atoms with Gasteiger partial charge in [-0.25, -0.2) is 0 Å². The number of hydrogen-bond acceptors (Lipinski definition) is 0. The van der Waals surface area contributed by atoms with E-state index in [-0.39, 0.29) is 41.7 Å². The molecule has 0 saturated heterocycles. The van der Waals surface area contributed by atoms with E-state index >= 15 is 0 Å². The van der Waals surface area contributed by atoms with Crippen LogP contribution in [0, 0.1) is 41.7 Å². The minimum atomic E-state index is -1.52. The summed E-state index contributed by atoms with van der Waals surface area (Å²) in [5.41, 5.74) is 0. The maximum absolute atomic E-state index is 10.5. The van der Waals surface area contributed by atoms with Gasteiger partial charge in [0.1, 0.15) is 0 Å². The molecule has 0 aliphatic heterocycles. The van der Waals surface area contributed by atoms with Crippen LogP contribution in [0.15, 0.2) is 0 Å². The van der Waals surface area contributed by atoms with Gasteiger partial charge in [0, 0.05) is 73.9 Å². The van der Waals surface area contributed by atoms with Gasteiger partial charge in [-0.15, -0.1) is 0 Å². The van der Waals surface area contributed by atoms with Gasteiger partial charge in [-0.2, -0.15) is 0 Å².